The monoisotopic (exact) mass is 265 g/mol. The number of ether oxygens (including phenoxy) is 1. The fraction of sp³-hybridized carbons (Fsp3) is 0.667. The molecule has 1 heterocycles. The third-order valence-electron chi connectivity index (χ3n) is 3.91. The van der Waals surface area contributed by atoms with Crippen molar-refractivity contribution in [3.63, 3.8) is 0 Å². The molecule has 106 valence electrons. The first kappa shape index (κ1) is 14.1. The number of hydrogen-bond donors (Lipinski definition) is 1. The van der Waals surface area contributed by atoms with Crippen molar-refractivity contribution in [1.82, 2.24) is 5.32 Å². The Kier molecular flexibility index (Phi) is 4.64. The molecule has 1 aliphatic rings. The van der Waals surface area contributed by atoms with Crippen LogP contribution in [-0.2, 0) is 11.3 Å². The van der Waals surface area contributed by atoms with Crippen LogP contribution in [0.4, 0.5) is 0 Å². The maximum Gasteiger partial charge on any atom is 0.341 e. The van der Waals surface area contributed by atoms with E-state index in [1.165, 1.54) is 26.4 Å². The van der Waals surface area contributed by atoms with Crippen molar-refractivity contribution in [2.24, 2.45) is 11.8 Å². The van der Waals surface area contributed by atoms with Crippen LogP contribution in [0.2, 0.25) is 0 Å². The highest BCUT2D eigenvalue weighted by atomic mass is 16.5. The number of methoxy groups -OCH3 is 1. The van der Waals surface area contributed by atoms with Crippen LogP contribution < -0.4 is 5.32 Å². The summed E-state index contributed by atoms with van der Waals surface area (Å²) < 4.78 is 10.3. The lowest BCUT2D eigenvalue weighted by atomic mass is 10.1. The molecule has 1 N–H and O–H groups in total. The zero-order chi connectivity index (χ0) is 13.8. The SMILES string of the molecule is COC(=O)c1cc(CNCC2CCC(C)C2)oc1C. The number of rotatable bonds is 5. The van der Waals surface area contributed by atoms with Gasteiger partial charge in [-0.1, -0.05) is 13.3 Å². The van der Waals surface area contributed by atoms with E-state index in [4.69, 9.17) is 9.15 Å². The van der Waals surface area contributed by atoms with Crippen LogP contribution in [-0.4, -0.2) is 19.6 Å². The van der Waals surface area contributed by atoms with Crippen LogP contribution in [0.3, 0.4) is 0 Å². The zero-order valence-corrected chi connectivity index (χ0v) is 12.0. The summed E-state index contributed by atoms with van der Waals surface area (Å²) in [5, 5.41) is 3.42. The van der Waals surface area contributed by atoms with Gasteiger partial charge in [-0.05, 0) is 44.2 Å². The molecule has 4 heteroatoms. The Bertz CT molecular complexity index is 439. The summed E-state index contributed by atoms with van der Waals surface area (Å²) in [6, 6.07) is 1.77. The third-order valence-corrected chi connectivity index (χ3v) is 3.91. The Morgan fingerprint density at radius 3 is 2.95 bits per heavy atom. The van der Waals surface area contributed by atoms with Gasteiger partial charge in [-0.25, -0.2) is 4.79 Å². The molecule has 0 bridgehead atoms. The van der Waals surface area contributed by atoms with Crippen molar-refractivity contribution >= 4 is 5.97 Å². The van der Waals surface area contributed by atoms with Crippen molar-refractivity contribution in [2.75, 3.05) is 13.7 Å². The summed E-state index contributed by atoms with van der Waals surface area (Å²) in [6.45, 7) is 5.80. The maximum absolute atomic E-state index is 11.5. The number of nitrogens with one attached hydrogen (secondary N) is 1. The molecule has 0 spiro atoms. The Morgan fingerprint density at radius 1 is 1.53 bits per heavy atom. The summed E-state index contributed by atoms with van der Waals surface area (Å²) >= 11 is 0. The highest BCUT2D eigenvalue weighted by Crippen LogP contribution is 2.29. The lowest BCUT2D eigenvalue weighted by Crippen LogP contribution is -2.20. The van der Waals surface area contributed by atoms with E-state index in [0.29, 0.717) is 17.9 Å². The van der Waals surface area contributed by atoms with Crippen LogP contribution in [0.5, 0.6) is 0 Å². The van der Waals surface area contributed by atoms with Crippen LogP contribution in [0.25, 0.3) is 0 Å². The first-order valence-electron chi connectivity index (χ1n) is 6.98. The number of furan rings is 1. The molecule has 1 aliphatic carbocycles. The Hall–Kier alpha value is -1.29. The summed E-state index contributed by atoms with van der Waals surface area (Å²) in [6.07, 6.45) is 3.98. The molecule has 1 aromatic heterocycles. The molecule has 2 rings (SSSR count). The highest BCUT2D eigenvalue weighted by Gasteiger charge is 2.21. The molecule has 1 fully saturated rings. The van der Waals surface area contributed by atoms with Gasteiger partial charge in [0.2, 0.25) is 0 Å². The summed E-state index contributed by atoms with van der Waals surface area (Å²) in [7, 11) is 1.38. The predicted octanol–water partition coefficient (Wildman–Crippen LogP) is 2.90. The average Bonchev–Trinajstić information content (AvgIpc) is 2.95. The molecule has 2 unspecified atom stereocenters. The van der Waals surface area contributed by atoms with E-state index in [2.05, 4.69) is 12.2 Å². The molecular weight excluding hydrogens is 242 g/mol. The van der Waals surface area contributed by atoms with Crippen molar-refractivity contribution in [3.05, 3.63) is 23.2 Å². The van der Waals surface area contributed by atoms with Crippen LogP contribution >= 0.6 is 0 Å². The molecule has 0 aromatic carbocycles. The largest absolute Gasteiger partial charge is 0.465 e. The van der Waals surface area contributed by atoms with Crippen LogP contribution in [0, 0.1) is 18.8 Å². The first-order valence-corrected chi connectivity index (χ1v) is 6.98. The minimum Gasteiger partial charge on any atom is -0.465 e. The molecule has 0 saturated heterocycles. The normalized spacial score (nSPS) is 22.7. The van der Waals surface area contributed by atoms with E-state index >= 15 is 0 Å². The number of carbonyl (C=O) groups excluding carboxylic acids is 1. The van der Waals surface area contributed by atoms with E-state index in [0.717, 1.165) is 24.1 Å². The van der Waals surface area contributed by atoms with Crippen molar-refractivity contribution in [3.8, 4) is 0 Å². The molecule has 19 heavy (non-hydrogen) atoms. The molecule has 0 radical (unpaired) electrons. The minimum atomic E-state index is -0.336. The number of aryl methyl sites for hydroxylation is 1. The molecule has 2 atom stereocenters. The minimum absolute atomic E-state index is 0.336. The molecule has 1 aromatic rings. The highest BCUT2D eigenvalue weighted by molar-refractivity contribution is 5.90. The Morgan fingerprint density at radius 2 is 2.32 bits per heavy atom. The lowest BCUT2D eigenvalue weighted by Gasteiger charge is -2.09. The molecule has 1 saturated carbocycles. The van der Waals surface area contributed by atoms with E-state index in [1.807, 2.05) is 0 Å². The third kappa shape index (κ3) is 3.60. The lowest BCUT2D eigenvalue weighted by molar-refractivity contribution is 0.0599. The zero-order valence-electron chi connectivity index (χ0n) is 12.0. The number of carbonyl (C=O) groups is 1. The predicted molar refractivity (Wildman–Crippen MR) is 73.0 cm³/mol. The van der Waals surface area contributed by atoms with Gasteiger partial charge in [0, 0.05) is 0 Å². The second-order valence-corrected chi connectivity index (χ2v) is 5.59. The van der Waals surface area contributed by atoms with Crippen molar-refractivity contribution < 1.29 is 13.9 Å². The smallest absolute Gasteiger partial charge is 0.341 e. The first-order chi connectivity index (χ1) is 9.10. The average molecular weight is 265 g/mol. The fourth-order valence-corrected chi connectivity index (χ4v) is 2.85. The van der Waals surface area contributed by atoms with Gasteiger partial charge in [-0.3, -0.25) is 0 Å². The van der Waals surface area contributed by atoms with Crippen LogP contribution in [0.1, 0.15) is 48.1 Å². The topological polar surface area (TPSA) is 51.5 Å². The van der Waals surface area contributed by atoms with Crippen LogP contribution in [0.15, 0.2) is 10.5 Å². The van der Waals surface area contributed by atoms with Crippen molar-refractivity contribution in [2.45, 2.75) is 39.7 Å². The molecule has 4 nitrogen and oxygen atoms in total. The molecule has 0 amide bonds. The van der Waals surface area contributed by atoms with Gasteiger partial charge in [-0.2, -0.15) is 0 Å². The van der Waals surface area contributed by atoms with E-state index in [-0.39, 0.29) is 5.97 Å². The summed E-state index contributed by atoms with van der Waals surface area (Å²) in [4.78, 5) is 11.5. The fourth-order valence-electron chi connectivity index (χ4n) is 2.85. The molecular formula is C15H23NO3. The van der Waals surface area contributed by atoms with Gasteiger partial charge >= 0.3 is 5.97 Å². The van der Waals surface area contributed by atoms with Gasteiger partial charge in [0.15, 0.2) is 0 Å². The number of esters is 1. The molecule has 0 aliphatic heterocycles. The summed E-state index contributed by atoms with van der Waals surface area (Å²) in [5.41, 5.74) is 0.522. The number of hydrogen-bond acceptors (Lipinski definition) is 4. The second-order valence-electron chi connectivity index (χ2n) is 5.59. The Balaban J connectivity index is 1.81. The van der Waals surface area contributed by atoms with Gasteiger partial charge in [0.25, 0.3) is 0 Å². The standard InChI is InChI=1S/C15H23NO3/c1-10-4-5-12(6-10)8-16-9-13-7-14(11(2)19-13)15(17)18-3/h7,10,12,16H,4-6,8-9H2,1-3H3. The van der Waals surface area contributed by atoms with Crippen molar-refractivity contribution in [1.29, 1.82) is 0 Å². The van der Waals surface area contributed by atoms with E-state index in [1.54, 1.807) is 13.0 Å². The van der Waals surface area contributed by atoms with E-state index < -0.39 is 0 Å². The summed E-state index contributed by atoms with van der Waals surface area (Å²) in [5.74, 6) is 2.73. The van der Waals surface area contributed by atoms with Gasteiger partial charge in [0.1, 0.15) is 17.1 Å². The van der Waals surface area contributed by atoms with E-state index in [9.17, 15) is 4.79 Å². The maximum atomic E-state index is 11.5. The second kappa shape index (κ2) is 6.24. The van der Waals surface area contributed by atoms with Gasteiger partial charge in [-0.15, -0.1) is 0 Å². The van der Waals surface area contributed by atoms with Gasteiger partial charge < -0.3 is 14.5 Å². The van der Waals surface area contributed by atoms with Gasteiger partial charge in [0.05, 0.1) is 13.7 Å². The quantitative estimate of drug-likeness (QED) is 0.832. The Labute approximate surface area is 114 Å².